The van der Waals surface area contributed by atoms with Gasteiger partial charge in [-0.15, -0.1) is 0 Å². The minimum Gasteiger partial charge on any atom is -0.305 e. The Bertz CT molecular complexity index is 455. The topological polar surface area (TPSA) is 12.0 Å². The van der Waals surface area contributed by atoms with Crippen LogP contribution >= 0.6 is 0 Å². The van der Waals surface area contributed by atoms with Gasteiger partial charge in [-0.05, 0) is 42.7 Å². The molecule has 1 fully saturated rings. The number of hydrogen-bond acceptors (Lipinski definition) is 1. The third-order valence-electron chi connectivity index (χ3n) is 5.27. The number of fused-ring (bicyclic) bond motifs is 1. The summed E-state index contributed by atoms with van der Waals surface area (Å²) < 4.78 is 0. The fraction of sp³-hybridized carbons (Fsp3) is 0.667. The molecule has 2 aliphatic rings. The van der Waals surface area contributed by atoms with Gasteiger partial charge < -0.3 is 5.32 Å². The van der Waals surface area contributed by atoms with E-state index < -0.39 is 0 Å². The van der Waals surface area contributed by atoms with Crippen molar-refractivity contribution < 1.29 is 0 Å². The van der Waals surface area contributed by atoms with Crippen molar-refractivity contribution in [2.45, 2.75) is 76.3 Å². The molecule has 0 amide bonds. The Morgan fingerprint density at radius 2 is 1.74 bits per heavy atom. The van der Waals surface area contributed by atoms with E-state index >= 15 is 0 Å². The van der Waals surface area contributed by atoms with Gasteiger partial charge in [-0.25, -0.2) is 0 Å². The Morgan fingerprint density at radius 3 is 2.47 bits per heavy atom. The predicted octanol–water partition coefficient (Wildman–Crippen LogP) is 4.72. The van der Waals surface area contributed by atoms with Crippen LogP contribution in [0, 0.1) is 0 Å². The van der Waals surface area contributed by atoms with E-state index in [1.54, 1.807) is 5.56 Å². The van der Waals surface area contributed by atoms with E-state index in [0.717, 1.165) is 0 Å². The fourth-order valence-electron chi connectivity index (χ4n) is 4.57. The van der Waals surface area contributed by atoms with Crippen molar-refractivity contribution >= 4 is 0 Å². The molecule has 1 atom stereocenters. The van der Waals surface area contributed by atoms with Gasteiger partial charge in [-0.1, -0.05) is 57.4 Å². The van der Waals surface area contributed by atoms with Gasteiger partial charge >= 0.3 is 0 Å². The smallest absolute Gasteiger partial charge is 0.0299 e. The molecule has 1 aromatic carbocycles. The van der Waals surface area contributed by atoms with Crippen LogP contribution in [0.15, 0.2) is 24.3 Å². The van der Waals surface area contributed by atoms with Crippen LogP contribution in [0.1, 0.15) is 76.5 Å². The monoisotopic (exact) mass is 257 g/mol. The van der Waals surface area contributed by atoms with E-state index in [1.807, 2.05) is 0 Å². The summed E-state index contributed by atoms with van der Waals surface area (Å²) in [5.41, 5.74) is 3.72. The number of nitrogens with one attached hydrogen (secondary N) is 1. The first-order valence-electron chi connectivity index (χ1n) is 7.90. The summed E-state index contributed by atoms with van der Waals surface area (Å²) in [7, 11) is 0. The van der Waals surface area contributed by atoms with Crippen molar-refractivity contribution in [3.8, 4) is 0 Å². The molecular formula is C18H27N. The van der Waals surface area contributed by atoms with Crippen LogP contribution < -0.4 is 5.32 Å². The highest BCUT2D eigenvalue weighted by atomic mass is 15.0. The summed E-state index contributed by atoms with van der Waals surface area (Å²) in [5, 5.41) is 4.01. The molecule has 1 nitrogen and oxygen atoms in total. The molecule has 1 saturated carbocycles. The average molecular weight is 257 g/mol. The molecule has 1 spiro atoms. The first kappa shape index (κ1) is 13.2. The minimum absolute atomic E-state index is 0.283. The van der Waals surface area contributed by atoms with Gasteiger partial charge in [0, 0.05) is 11.6 Å². The summed E-state index contributed by atoms with van der Waals surface area (Å²) in [4.78, 5) is 0. The van der Waals surface area contributed by atoms with Gasteiger partial charge in [0.2, 0.25) is 0 Å². The summed E-state index contributed by atoms with van der Waals surface area (Å²) in [6, 6.07) is 9.53. The average Bonchev–Trinajstić information content (AvgIpc) is 2.45. The van der Waals surface area contributed by atoms with Crippen LogP contribution in [0.2, 0.25) is 0 Å². The first-order chi connectivity index (χ1) is 9.03. The van der Waals surface area contributed by atoms with Gasteiger partial charge in [-0.3, -0.25) is 0 Å². The number of rotatable bonds is 0. The highest BCUT2D eigenvalue weighted by Gasteiger charge is 2.42. The van der Waals surface area contributed by atoms with E-state index in [9.17, 15) is 0 Å². The molecule has 1 aliphatic heterocycles. The molecule has 1 N–H and O–H groups in total. The molecule has 0 bridgehead atoms. The summed E-state index contributed by atoms with van der Waals surface area (Å²) in [6.45, 7) is 7.21. The van der Waals surface area contributed by atoms with Crippen LogP contribution in [-0.2, 0) is 5.41 Å². The van der Waals surface area contributed by atoms with Crippen molar-refractivity contribution in [2.75, 3.05) is 0 Å². The molecule has 1 aromatic rings. The molecule has 3 rings (SSSR count). The maximum atomic E-state index is 4.01. The zero-order chi connectivity index (χ0) is 13.5. The van der Waals surface area contributed by atoms with Crippen molar-refractivity contribution in [3.63, 3.8) is 0 Å². The highest BCUT2D eigenvalue weighted by Crippen LogP contribution is 2.45. The summed E-state index contributed by atoms with van der Waals surface area (Å²) in [5.74, 6) is 0. The zero-order valence-electron chi connectivity index (χ0n) is 12.6. The van der Waals surface area contributed by atoms with Gasteiger partial charge in [0.25, 0.3) is 0 Å². The third-order valence-corrected chi connectivity index (χ3v) is 5.27. The summed E-state index contributed by atoms with van der Waals surface area (Å²) in [6.07, 6.45) is 8.20. The minimum atomic E-state index is 0.283. The van der Waals surface area contributed by atoms with Crippen molar-refractivity contribution in [1.82, 2.24) is 5.32 Å². The Kier molecular flexibility index (Phi) is 3.21. The normalized spacial score (nSPS) is 28.7. The van der Waals surface area contributed by atoms with Crippen LogP contribution in [0.5, 0.6) is 0 Å². The predicted molar refractivity (Wildman–Crippen MR) is 81.5 cm³/mol. The molecule has 0 unspecified atom stereocenters. The quantitative estimate of drug-likeness (QED) is 0.709. The Labute approximate surface area is 117 Å². The van der Waals surface area contributed by atoms with Crippen molar-refractivity contribution in [2.24, 2.45) is 0 Å². The van der Waals surface area contributed by atoms with E-state index in [-0.39, 0.29) is 5.41 Å². The third kappa shape index (κ3) is 2.33. The second-order valence-electron chi connectivity index (χ2n) is 7.35. The Hall–Kier alpha value is -0.820. The lowest BCUT2D eigenvalue weighted by atomic mass is 9.69. The van der Waals surface area contributed by atoms with Crippen LogP contribution in [-0.4, -0.2) is 5.54 Å². The molecule has 19 heavy (non-hydrogen) atoms. The standard InChI is InChI=1S/C18H27N/c1-14-15-9-5-6-10-16(15)17(2,3)13-18(19-14)11-7-4-8-12-18/h5-6,9-10,14,19H,4,7-8,11-13H2,1-3H3/t14-/m0/s1. The maximum absolute atomic E-state index is 4.01. The van der Waals surface area contributed by atoms with E-state index in [4.69, 9.17) is 0 Å². The first-order valence-corrected chi connectivity index (χ1v) is 7.90. The zero-order valence-corrected chi connectivity index (χ0v) is 12.6. The molecule has 0 saturated heterocycles. The van der Waals surface area contributed by atoms with Crippen LogP contribution in [0.3, 0.4) is 0 Å². The van der Waals surface area contributed by atoms with Gasteiger partial charge in [-0.2, -0.15) is 0 Å². The molecular weight excluding hydrogens is 230 g/mol. The molecule has 0 radical (unpaired) electrons. The van der Waals surface area contributed by atoms with Crippen LogP contribution in [0.25, 0.3) is 0 Å². The molecule has 104 valence electrons. The van der Waals surface area contributed by atoms with Crippen LogP contribution in [0.4, 0.5) is 0 Å². The van der Waals surface area contributed by atoms with E-state index in [2.05, 4.69) is 50.4 Å². The number of benzene rings is 1. The fourth-order valence-corrected chi connectivity index (χ4v) is 4.57. The molecule has 1 aliphatic carbocycles. The molecule has 1 heterocycles. The van der Waals surface area contributed by atoms with E-state index in [0.29, 0.717) is 11.6 Å². The lowest BCUT2D eigenvalue weighted by molar-refractivity contribution is 0.174. The largest absolute Gasteiger partial charge is 0.305 e. The van der Waals surface area contributed by atoms with Gasteiger partial charge in [0.05, 0.1) is 0 Å². The second kappa shape index (κ2) is 4.63. The van der Waals surface area contributed by atoms with Crippen molar-refractivity contribution in [3.05, 3.63) is 35.4 Å². The Balaban J connectivity index is 2.03. The Morgan fingerprint density at radius 1 is 1.05 bits per heavy atom. The maximum Gasteiger partial charge on any atom is 0.0299 e. The molecule has 1 heteroatoms. The molecule has 0 aromatic heterocycles. The lowest BCUT2D eigenvalue weighted by Crippen LogP contribution is -2.49. The SMILES string of the molecule is C[C@@H]1NC2(CCCCC2)CC(C)(C)c2ccccc21. The van der Waals surface area contributed by atoms with Gasteiger partial charge in [0.15, 0.2) is 0 Å². The lowest BCUT2D eigenvalue weighted by Gasteiger charge is -2.42. The number of hydrogen-bond donors (Lipinski definition) is 1. The van der Waals surface area contributed by atoms with Crippen molar-refractivity contribution in [1.29, 1.82) is 0 Å². The highest BCUT2D eigenvalue weighted by molar-refractivity contribution is 5.37. The second-order valence-corrected chi connectivity index (χ2v) is 7.35. The summed E-state index contributed by atoms with van der Waals surface area (Å²) >= 11 is 0. The van der Waals surface area contributed by atoms with Gasteiger partial charge in [0.1, 0.15) is 0 Å². The van der Waals surface area contributed by atoms with E-state index in [1.165, 1.54) is 44.1 Å².